The average Bonchev–Trinajstić information content (AvgIpc) is 3.00. The van der Waals surface area contributed by atoms with Gasteiger partial charge in [-0.25, -0.2) is 9.78 Å². The van der Waals surface area contributed by atoms with E-state index in [-0.39, 0.29) is 5.56 Å². The molecular weight excluding hydrogens is 256 g/mol. The van der Waals surface area contributed by atoms with Crippen LogP contribution in [-0.4, -0.2) is 33.8 Å². The number of imidazole rings is 1. The fourth-order valence-corrected chi connectivity index (χ4v) is 3.23. The molecule has 0 saturated heterocycles. The number of aromatic carboxylic acids is 1. The van der Waals surface area contributed by atoms with Crippen molar-refractivity contribution in [2.75, 3.05) is 7.11 Å². The van der Waals surface area contributed by atoms with Gasteiger partial charge in [0.25, 0.3) is 0 Å². The van der Waals surface area contributed by atoms with Crippen molar-refractivity contribution >= 4 is 17.0 Å². The highest BCUT2D eigenvalue weighted by Gasteiger charge is 2.28. The van der Waals surface area contributed by atoms with E-state index in [1.807, 2.05) is 13.0 Å². The maximum absolute atomic E-state index is 11.3. The Morgan fingerprint density at radius 1 is 1.45 bits per heavy atom. The molecular formula is C15H18N2O3. The molecule has 0 bridgehead atoms. The van der Waals surface area contributed by atoms with Gasteiger partial charge in [0.05, 0.1) is 17.2 Å². The van der Waals surface area contributed by atoms with Crippen LogP contribution in [0.5, 0.6) is 0 Å². The van der Waals surface area contributed by atoms with Gasteiger partial charge in [-0.2, -0.15) is 0 Å². The number of carboxylic acid groups (broad SMARTS) is 1. The molecule has 0 amide bonds. The largest absolute Gasteiger partial charge is 0.478 e. The number of aryl methyl sites for hydroxylation is 1. The van der Waals surface area contributed by atoms with Crippen molar-refractivity contribution in [2.45, 2.75) is 38.3 Å². The third-order valence-corrected chi connectivity index (χ3v) is 4.18. The van der Waals surface area contributed by atoms with Gasteiger partial charge in [0.1, 0.15) is 11.3 Å². The van der Waals surface area contributed by atoms with Crippen molar-refractivity contribution in [1.82, 2.24) is 9.55 Å². The first kappa shape index (κ1) is 13.1. The van der Waals surface area contributed by atoms with Crippen LogP contribution in [0.1, 0.15) is 41.5 Å². The summed E-state index contributed by atoms with van der Waals surface area (Å²) in [4.78, 5) is 15.8. The number of aromatic nitrogens is 2. The molecule has 1 N–H and O–H groups in total. The van der Waals surface area contributed by atoms with E-state index in [2.05, 4.69) is 9.55 Å². The predicted octanol–water partition coefficient (Wildman–Crippen LogP) is 2.78. The lowest BCUT2D eigenvalue weighted by atomic mass is 10.1. The minimum atomic E-state index is -0.929. The number of benzene rings is 1. The van der Waals surface area contributed by atoms with Gasteiger partial charge < -0.3 is 14.4 Å². The summed E-state index contributed by atoms with van der Waals surface area (Å²) in [6.45, 7) is 1.94. The van der Waals surface area contributed by atoms with E-state index >= 15 is 0 Å². The van der Waals surface area contributed by atoms with Gasteiger partial charge in [-0.1, -0.05) is 6.07 Å². The normalized spacial score (nSPS) is 22.5. The molecule has 1 saturated carbocycles. The Balaban J connectivity index is 2.10. The van der Waals surface area contributed by atoms with Crippen LogP contribution in [0.25, 0.3) is 11.0 Å². The van der Waals surface area contributed by atoms with Gasteiger partial charge in [-0.05, 0) is 38.3 Å². The standard InChI is InChI=1S/C15H18N2O3/c1-9-16-14-12(15(18)19)4-3-5-13(14)17(9)10-6-7-11(8-10)20-2/h3-5,10-11H,6-8H2,1-2H3,(H,18,19). The Bertz CT molecular complexity index is 662. The van der Waals surface area contributed by atoms with Gasteiger partial charge >= 0.3 is 5.97 Å². The molecule has 1 aromatic carbocycles. The smallest absolute Gasteiger partial charge is 0.337 e. The average molecular weight is 274 g/mol. The fraction of sp³-hybridized carbons (Fsp3) is 0.467. The SMILES string of the molecule is COC1CCC(n2c(C)nc3c(C(=O)O)cccc32)C1. The molecule has 1 fully saturated rings. The zero-order valence-corrected chi connectivity index (χ0v) is 11.7. The van der Waals surface area contributed by atoms with E-state index in [4.69, 9.17) is 4.74 Å². The van der Waals surface area contributed by atoms with Crippen LogP contribution < -0.4 is 0 Å². The molecule has 0 radical (unpaired) electrons. The van der Waals surface area contributed by atoms with Crippen LogP contribution in [0.3, 0.4) is 0 Å². The number of carboxylic acids is 1. The van der Waals surface area contributed by atoms with E-state index in [1.165, 1.54) is 0 Å². The van der Waals surface area contributed by atoms with E-state index in [9.17, 15) is 9.90 Å². The molecule has 1 aliphatic rings. The maximum Gasteiger partial charge on any atom is 0.337 e. The Kier molecular flexibility index (Phi) is 3.22. The molecule has 2 unspecified atom stereocenters. The first-order valence-electron chi connectivity index (χ1n) is 6.85. The quantitative estimate of drug-likeness (QED) is 0.934. The number of fused-ring (bicyclic) bond motifs is 1. The van der Waals surface area contributed by atoms with Crippen LogP contribution >= 0.6 is 0 Å². The van der Waals surface area contributed by atoms with Gasteiger partial charge in [0.2, 0.25) is 0 Å². The summed E-state index contributed by atoms with van der Waals surface area (Å²) in [5, 5.41) is 9.26. The molecule has 5 nitrogen and oxygen atoms in total. The molecule has 2 aromatic rings. The summed E-state index contributed by atoms with van der Waals surface area (Å²) in [6.07, 6.45) is 3.33. The lowest BCUT2D eigenvalue weighted by Crippen LogP contribution is -2.10. The summed E-state index contributed by atoms with van der Waals surface area (Å²) in [7, 11) is 1.74. The van der Waals surface area contributed by atoms with Crippen LogP contribution in [0.15, 0.2) is 18.2 Å². The Labute approximate surface area is 117 Å². The van der Waals surface area contributed by atoms with Crippen molar-refractivity contribution in [3.05, 3.63) is 29.6 Å². The number of ether oxygens (including phenoxy) is 1. The molecule has 1 aliphatic carbocycles. The Morgan fingerprint density at radius 3 is 2.90 bits per heavy atom. The zero-order valence-electron chi connectivity index (χ0n) is 11.7. The summed E-state index contributed by atoms with van der Waals surface area (Å²) < 4.78 is 7.59. The molecule has 5 heteroatoms. The van der Waals surface area contributed by atoms with Gasteiger partial charge in [-0.3, -0.25) is 0 Å². The van der Waals surface area contributed by atoms with Crippen molar-refractivity contribution in [3.8, 4) is 0 Å². The second-order valence-electron chi connectivity index (χ2n) is 5.33. The number of methoxy groups -OCH3 is 1. The molecule has 1 aromatic heterocycles. The van der Waals surface area contributed by atoms with Gasteiger partial charge in [0.15, 0.2) is 0 Å². The summed E-state index contributed by atoms with van der Waals surface area (Å²) in [5.74, 6) is -0.0584. The first-order chi connectivity index (χ1) is 9.61. The van der Waals surface area contributed by atoms with E-state index in [0.717, 1.165) is 30.6 Å². The Hall–Kier alpha value is -1.88. The predicted molar refractivity (Wildman–Crippen MR) is 75.1 cm³/mol. The third kappa shape index (κ3) is 1.98. The third-order valence-electron chi connectivity index (χ3n) is 4.18. The molecule has 1 heterocycles. The molecule has 0 spiro atoms. The summed E-state index contributed by atoms with van der Waals surface area (Å²) in [5.41, 5.74) is 1.76. The molecule has 3 rings (SSSR count). The topological polar surface area (TPSA) is 64.4 Å². The van der Waals surface area contributed by atoms with E-state index in [1.54, 1.807) is 19.2 Å². The van der Waals surface area contributed by atoms with Gasteiger partial charge in [0, 0.05) is 13.2 Å². The summed E-state index contributed by atoms with van der Waals surface area (Å²) >= 11 is 0. The number of hydrogen-bond acceptors (Lipinski definition) is 3. The maximum atomic E-state index is 11.3. The van der Waals surface area contributed by atoms with Crippen LogP contribution in [-0.2, 0) is 4.74 Å². The van der Waals surface area contributed by atoms with E-state index in [0.29, 0.717) is 17.7 Å². The lowest BCUT2D eigenvalue weighted by Gasteiger charge is -2.15. The van der Waals surface area contributed by atoms with Gasteiger partial charge in [-0.15, -0.1) is 0 Å². The van der Waals surface area contributed by atoms with Crippen molar-refractivity contribution < 1.29 is 14.6 Å². The number of para-hydroxylation sites is 1. The minimum absolute atomic E-state index is 0.269. The summed E-state index contributed by atoms with van der Waals surface area (Å²) in [6, 6.07) is 5.68. The molecule has 2 atom stereocenters. The van der Waals surface area contributed by atoms with Crippen LogP contribution in [0.2, 0.25) is 0 Å². The number of carbonyl (C=O) groups is 1. The number of rotatable bonds is 3. The Morgan fingerprint density at radius 2 is 2.25 bits per heavy atom. The second-order valence-corrected chi connectivity index (χ2v) is 5.33. The number of hydrogen-bond donors (Lipinski definition) is 1. The molecule has 0 aliphatic heterocycles. The first-order valence-corrected chi connectivity index (χ1v) is 6.85. The van der Waals surface area contributed by atoms with Crippen LogP contribution in [0.4, 0.5) is 0 Å². The number of nitrogens with zero attached hydrogens (tertiary/aromatic N) is 2. The fourth-order valence-electron chi connectivity index (χ4n) is 3.23. The monoisotopic (exact) mass is 274 g/mol. The molecule has 20 heavy (non-hydrogen) atoms. The van der Waals surface area contributed by atoms with Crippen molar-refractivity contribution in [2.24, 2.45) is 0 Å². The van der Waals surface area contributed by atoms with E-state index < -0.39 is 5.97 Å². The lowest BCUT2D eigenvalue weighted by molar-refractivity contribution is 0.0699. The van der Waals surface area contributed by atoms with Crippen molar-refractivity contribution in [1.29, 1.82) is 0 Å². The highest BCUT2D eigenvalue weighted by Crippen LogP contribution is 2.35. The minimum Gasteiger partial charge on any atom is -0.478 e. The highest BCUT2D eigenvalue weighted by molar-refractivity contribution is 6.01. The second kappa shape index (κ2) is 4.90. The molecule has 106 valence electrons. The van der Waals surface area contributed by atoms with Crippen molar-refractivity contribution in [3.63, 3.8) is 0 Å². The highest BCUT2D eigenvalue weighted by atomic mass is 16.5. The van der Waals surface area contributed by atoms with Crippen LogP contribution in [0, 0.1) is 6.92 Å². The zero-order chi connectivity index (χ0) is 14.3.